The monoisotopic (exact) mass is 436 g/mol. The largest absolute Gasteiger partial charge is 0.461 e. The highest BCUT2D eigenvalue weighted by Crippen LogP contribution is 2.31. The summed E-state index contributed by atoms with van der Waals surface area (Å²) in [5.41, 5.74) is 1.57. The van der Waals surface area contributed by atoms with Crippen molar-refractivity contribution in [2.75, 3.05) is 31.6 Å². The molecule has 1 saturated heterocycles. The first-order chi connectivity index (χ1) is 13.0. The summed E-state index contributed by atoms with van der Waals surface area (Å²) in [7, 11) is 0. The van der Waals surface area contributed by atoms with Gasteiger partial charge in [-0.2, -0.15) is 0 Å². The molecule has 7 heteroatoms. The molecule has 3 N–H and O–H groups in total. The number of quaternary nitrogens is 1. The highest BCUT2D eigenvalue weighted by Gasteiger charge is 2.23. The lowest BCUT2D eigenvalue weighted by Crippen LogP contribution is -3.13. The van der Waals surface area contributed by atoms with Crippen LogP contribution < -0.4 is 10.2 Å². The Bertz CT molecular complexity index is 833. The lowest BCUT2D eigenvalue weighted by molar-refractivity contribution is -0.907. The number of rotatable bonds is 6. The van der Waals surface area contributed by atoms with Crippen LogP contribution in [-0.2, 0) is 9.53 Å². The minimum atomic E-state index is -0.462. The van der Waals surface area contributed by atoms with Gasteiger partial charge in [0, 0.05) is 21.3 Å². The zero-order chi connectivity index (χ0) is 19.4. The Hall–Kier alpha value is -1.86. The predicted octanol–water partition coefficient (Wildman–Crippen LogP) is 2.75. The van der Waals surface area contributed by atoms with Crippen LogP contribution in [0.3, 0.4) is 0 Å². The van der Waals surface area contributed by atoms with E-state index in [4.69, 9.17) is 4.74 Å². The zero-order valence-electron chi connectivity index (χ0n) is 15.9. The summed E-state index contributed by atoms with van der Waals surface area (Å²) in [5.74, 6) is 0.181. The van der Waals surface area contributed by atoms with Crippen molar-refractivity contribution in [1.82, 2.24) is 4.98 Å². The SMILES string of the molecule is CCOC(=O)c1[nH]c2ccc(Br)cc2c1NC(=O)CC[NH+]1CCC[C@H](C)C1. The van der Waals surface area contributed by atoms with Gasteiger partial charge in [-0.1, -0.05) is 22.9 Å². The maximum atomic E-state index is 12.6. The molecule has 1 aromatic carbocycles. The molecule has 3 rings (SSSR count). The number of anilines is 1. The average Bonchev–Trinajstić information content (AvgIpc) is 2.98. The first-order valence-corrected chi connectivity index (χ1v) is 10.4. The first kappa shape index (κ1) is 19.9. The van der Waals surface area contributed by atoms with Gasteiger partial charge in [0.25, 0.3) is 0 Å². The van der Waals surface area contributed by atoms with Gasteiger partial charge in [0.1, 0.15) is 5.69 Å². The van der Waals surface area contributed by atoms with Gasteiger partial charge in [-0.25, -0.2) is 4.79 Å². The van der Waals surface area contributed by atoms with Gasteiger partial charge in [0.2, 0.25) is 5.91 Å². The predicted molar refractivity (Wildman–Crippen MR) is 109 cm³/mol. The number of H-pyrrole nitrogens is 1. The van der Waals surface area contributed by atoms with Crippen LogP contribution in [0.2, 0.25) is 0 Å². The number of piperidine rings is 1. The summed E-state index contributed by atoms with van der Waals surface area (Å²) in [6.07, 6.45) is 2.94. The van der Waals surface area contributed by atoms with Crippen molar-refractivity contribution in [3.8, 4) is 0 Å². The third kappa shape index (κ3) is 4.90. The molecule has 0 radical (unpaired) electrons. The molecular weight excluding hydrogens is 410 g/mol. The Labute approximate surface area is 167 Å². The van der Waals surface area contributed by atoms with E-state index in [2.05, 4.69) is 33.2 Å². The van der Waals surface area contributed by atoms with Crippen molar-refractivity contribution in [3.63, 3.8) is 0 Å². The molecule has 1 amide bonds. The molecule has 0 aliphatic carbocycles. The molecule has 27 heavy (non-hydrogen) atoms. The third-order valence-corrected chi connectivity index (χ3v) is 5.57. The molecule has 6 nitrogen and oxygen atoms in total. The number of halogens is 1. The van der Waals surface area contributed by atoms with Gasteiger partial charge in [0.15, 0.2) is 0 Å². The minimum absolute atomic E-state index is 0.0767. The standard InChI is InChI=1S/C20H26BrN3O3/c1-3-27-20(26)19-18(15-11-14(21)6-7-16(15)22-19)23-17(25)8-10-24-9-4-5-13(2)12-24/h6-7,11,13,22H,3-5,8-10,12H2,1-2H3,(H,23,25)/p+1/t13-/m0/s1. The van der Waals surface area contributed by atoms with Crippen LogP contribution in [0.5, 0.6) is 0 Å². The van der Waals surface area contributed by atoms with Crippen LogP contribution in [0.25, 0.3) is 10.9 Å². The lowest BCUT2D eigenvalue weighted by Gasteiger charge is -2.27. The number of hydrogen-bond acceptors (Lipinski definition) is 3. The van der Waals surface area contributed by atoms with Crippen molar-refractivity contribution < 1.29 is 19.2 Å². The van der Waals surface area contributed by atoms with Crippen LogP contribution in [0.4, 0.5) is 5.69 Å². The molecule has 1 aliphatic heterocycles. The molecule has 1 unspecified atom stereocenters. The molecule has 0 spiro atoms. The number of carbonyl (C=O) groups is 2. The van der Waals surface area contributed by atoms with E-state index in [1.807, 2.05) is 18.2 Å². The molecular formula is C20H27BrN3O3+. The quantitative estimate of drug-likeness (QED) is 0.609. The van der Waals surface area contributed by atoms with Gasteiger partial charge in [-0.3, -0.25) is 4.79 Å². The second-order valence-corrected chi connectivity index (χ2v) is 8.20. The van der Waals surface area contributed by atoms with Crippen LogP contribution in [0.1, 0.15) is 43.6 Å². The van der Waals surface area contributed by atoms with E-state index in [9.17, 15) is 9.59 Å². The maximum absolute atomic E-state index is 12.6. The number of hydrogen-bond donors (Lipinski definition) is 3. The molecule has 0 saturated carbocycles. The molecule has 1 aromatic heterocycles. The normalized spacial score (nSPS) is 19.8. The third-order valence-electron chi connectivity index (χ3n) is 5.07. The van der Waals surface area contributed by atoms with E-state index in [0.717, 1.165) is 40.9 Å². The number of nitrogens with one attached hydrogen (secondary N) is 3. The maximum Gasteiger partial charge on any atom is 0.356 e. The average molecular weight is 437 g/mol. The number of fused-ring (bicyclic) bond motifs is 1. The molecule has 1 aliphatic rings. The van der Waals surface area contributed by atoms with E-state index in [1.54, 1.807) is 6.92 Å². The fourth-order valence-electron chi connectivity index (χ4n) is 3.77. The van der Waals surface area contributed by atoms with Crippen molar-refractivity contribution in [3.05, 3.63) is 28.4 Å². The Morgan fingerprint density at radius 2 is 2.22 bits per heavy atom. The number of aromatic nitrogens is 1. The number of esters is 1. The fourth-order valence-corrected chi connectivity index (χ4v) is 4.13. The highest BCUT2D eigenvalue weighted by molar-refractivity contribution is 9.10. The Morgan fingerprint density at radius 1 is 1.41 bits per heavy atom. The Morgan fingerprint density at radius 3 is 2.96 bits per heavy atom. The molecule has 2 aromatic rings. The smallest absolute Gasteiger partial charge is 0.356 e. The summed E-state index contributed by atoms with van der Waals surface area (Å²) < 4.78 is 6.02. The summed E-state index contributed by atoms with van der Waals surface area (Å²) in [5, 5.41) is 3.74. The molecule has 0 bridgehead atoms. The van der Waals surface area contributed by atoms with Crippen molar-refractivity contribution >= 4 is 44.4 Å². The summed E-state index contributed by atoms with van der Waals surface area (Å²) in [6, 6.07) is 5.65. The van der Waals surface area contributed by atoms with Gasteiger partial charge in [0.05, 0.1) is 38.3 Å². The number of carbonyl (C=O) groups excluding carboxylic acids is 2. The zero-order valence-corrected chi connectivity index (χ0v) is 17.4. The Balaban J connectivity index is 1.75. The highest BCUT2D eigenvalue weighted by atomic mass is 79.9. The van der Waals surface area contributed by atoms with E-state index < -0.39 is 5.97 Å². The van der Waals surface area contributed by atoms with Crippen LogP contribution in [-0.4, -0.2) is 43.1 Å². The summed E-state index contributed by atoms with van der Waals surface area (Å²) in [4.78, 5) is 29.5. The second kappa shape index (κ2) is 8.89. The van der Waals surface area contributed by atoms with Crippen LogP contribution in [0.15, 0.2) is 22.7 Å². The Kier molecular flexibility index (Phi) is 6.55. The first-order valence-electron chi connectivity index (χ1n) is 9.59. The topological polar surface area (TPSA) is 75.6 Å². The summed E-state index contributed by atoms with van der Waals surface area (Å²) >= 11 is 3.45. The number of benzene rings is 1. The van der Waals surface area contributed by atoms with Crippen LogP contribution >= 0.6 is 15.9 Å². The summed E-state index contributed by atoms with van der Waals surface area (Å²) in [6.45, 7) is 7.39. The van der Waals surface area contributed by atoms with Gasteiger partial charge in [-0.05, 0) is 38.0 Å². The fraction of sp³-hybridized carbons (Fsp3) is 0.500. The van der Waals surface area contributed by atoms with Crippen molar-refractivity contribution in [2.45, 2.75) is 33.1 Å². The minimum Gasteiger partial charge on any atom is -0.461 e. The number of ether oxygens (including phenoxy) is 1. The van der Waals surface area contributed by atoms with E-state index in [1.165, 1.54) is 17.7 Å². The molecule has 2 heterocycles. The van der Waals surface area contributed by atoms with Crippen molar-refractivity contribution in [1.29, 1.82) is 0 Å². The van der Waals surface area contributed by atoms with Gasteiger partial charge in [-0.15, -0.1) is 0 Å². The van der Waals surface area contributed by atoms with Crippen LogP contribution in [0, 0.1) is 5.92 Å². The molecule has 2 atom stereocenters. The molecule has 146 valence electrons. The van der Waals surface area contributed by atoms with Gasteiger partial charge >= 0.3 is 5.97 Å². The number of amides is 1. The van der Waals surface area contributed by atoms with E-state index in [-0.39, 0.29) is 18.2 Å². The molecule has 1 fully saturated rings. The number of likely N-dealkylation sites (tertiary alicyclic amines) is 1. The van der Waals surface area contributed by atoms with E-state index >= 15 is 0 Å². The number of aromatic amines is 1. The van der Waals surface area contributed by atoms with E-state index in [0.29, 0.717) is 12.1 Å². The van der Waals surface area contributed by atoms with Gasteiger partial charge < -0.3 is 19.9 Å². The second-order valence-electron chi connectivity index (χ2n) is 7.29. The lowest BCUT2D eigenvalue weighted by atomic mass is 10.0. The van der Waals surface area contributed by atoms with Crippen molar-refractivity contribution in [2.24, 2.45) is 5.92 Å².